The standard InChI is InChI=1S/C16H24N2O3/c1-4-7-14(9-10-15(19)17-3)18-11-6-8-13(12-18)16(20)21-5-2/h4,7,9-10,13H,1,5-6,8,11-12H2,2-3H3,(H,17,19)/b10-9+,14-7+. The minimum atomic E-state index is -0.163. The summed E-state index contributed by atoms with van der Waals surface area (Å²) in [6.07, 6.45) is 8.50. The molecule has 1 rings (SSSR count). The van der Waals surface area contributed by atoms with Crippen molar-refractivity contribution in [3.8, 4) is 0 Å². The number of ether oxygens (including phenoxy) is 1. The molecule has 0 aromatic rings. The number of esters is 1. The van der Waals surface area contributed by atoms with Crippen molar-refractivity contribution in [1.82, 2.24) is 10.2 Å². The Morgan fingerprint density at radius 2 is 2.19 bits per heavy atom. The van der Waals surface area contributed by atoms with Crippen molar-refractivity contribution in [3.63, 3.8) is 0 Å². The molecule has 1 N–H and O–H groups in total. The number of rotatable bonds is 6. The van der Waals surface area contributed by atoms with Gasteiger partial charge >= 0.3 is 5.97 Å². The highest BCUT2D eigenvalue weighted by Crippen LogP contribution is 2.22. The fourth-order valence-corrected chi connectivity index (χ4v) is 2.30. The monoisotopic (exact) mass is 292 g/mol. The lowest BCUT2D eigenvalue weighted by Gasteiger charge is -2.33. The number of allylic oxidation sites excluding steroid dienone is 3. The van der Waals surface area contributed by atoms with Crippen LogP contribution in [0.3, 0.4) is 0 Å². The average molecular weight is 292 g/mol. The van der Waals surface area contributed by atoms with Gasteiger partial charge < -0.3 is 15.0 Å². The minimum absolute atomic E-state index is 0.111. The zero-order chi connectivity index (χ0) is 15.7. The highest BCUT2D eigenvalue weighted by Gasteiger charge is 2.27. The third-order valence-corrected chi connectivity index (χ3v) is 3.35. The minimum Gasteiger partial charge on any atom is -0.466 e. The van der Waals surface area contributed by atoms with E-state index < -0.39 is 0 Å². The largest absolute Gasteiger partial charge is 0.466 e. The average Bonchev–Trinajstić information content (AvgIpc) is 2.51. The van der Waals surface area contributed by atoms with Gasteiger partial charge in [-0.25, -0.2) is 0 Å². The molecule has 0 aromatic heterocycles. The van der Waals surface area contributed by atoms with Gasteiger partial charge in [-0.15, -0.1) is 0 Å². The van der Waals surface area contributed by atoms with Gasteiger partial charge in [0.15, 0.2) is 0 Å². The second-order valence-electron chi connectivity index (χ2n) is 4.81. The van der Waals surface area contributed by atoms with Crippen LogP contribution in [0, 0.1) is 5.92 Å². The number of nitrogens with one attached hydrogen (secondary N) is 1. The molecule has 1 fully saturated rings. The van der Waals surface area contributed by atoms with Gasteiger partial charge in [0.25, 0.3) is 0 Å². The molecule has 0 spiro atoms. The Bertz CT molecular complexity index is 441. The molecule has 1 saturated heterocycles. The summed E-state index contributed by atoms with van der Waals surface area (Å²) in [7, 11) is 1.58. The molecule has 5 heteroatoms. The molecule has 1 amide bonds. The SMILES string of the molecule is C=C/C=C(\C=C\C(=O)NC)N1CCCC(C(=O)OCC)C1. The summed E-state index contributed by atoms with van der Waals surface area (Å²) in [5.74, 6) is -0.417. The highest BCUT2D eigenvalue weighted by molar-refractivity contribution is 5.87. The summed E-state index contributed by atoms with van der Waals surface area (Å²) in [6.45, 7) is 7.38. The molecule has 1 atom stereocenters. The molecule has 1 heterocycles. The third kappa shape index (κ3) is 5.45. The Morgan fingerprint density at radius 3 is 2.81 bits per heavy atom. The van der Waals surface area contributed by atoms with Crippen LogP contribution >= 0.6 is 0 Å². The zero-order valence-corrected chi connectivity index (χ0v) is 12.8. The summed E-state index contributed by atoms with van der Waals surface area (Å²) in [5, 5.41) is 2.54. The van der Waals surface area contributed by atoms with E-state index in [1.165, 1.54) is 6.08 Å². The van der Waals surface area contributed by atoms with E-state index in [1.54, 1.807) is 19.2 Å². The number of likely N-dealkylation sites (N-methyl/N-ethyl adjacent to an activating group) is 1. The maximum absolute atomic E-state index is 11.9. The number of hydrogen-bond acceptors (Lipinski definition) is 4. The van der Waals surface area contributed by atoms with Crippen LogP contribution in [0.15, 0.2) is 36.6 Å². The molecule has 0 aliphatic carbocycles. The Morgan fingerprint density at radius 1 is 1.43 bits per heavy atom. The molecule has 21 heavy (non-hydrogen) atoms. The van der Waals surface area contributed by atoms with E-state index in [0.29, 0.717) is 13.2 Å². The number of piperidine rings is 1. The van der Waals surface area contributed by atoms with Crippen LogP contribution < -0.4 is 5.32 Å². The molecular weight excluding hydrogens is 268 g/mol. The smallest absolute Gasteiger partial charge is 0.310 e. The van der Waals surface area contributed by atoms with Gasteiger partial charge in [-0.2, -0.15) is 0 Å². The van der Waals surface area contributed by atoms with Gasteiger partial charge in [-0.05, 0) is 31.9 Å². The molecule has 0 saturated carbocycles. The molecule has 0 radical (unpaired) electrons. The Labute approximate surface area is 126 Å². The first kappa shape index (κ1) is 17.0. The van der Waals surface area contributed by atoms with E-state index in [4.69, 9.17) is 4.74 Å². The highest BCUT2D eigenvalue weighted by atomic mass is 16.5. The van der Waals surface area contributed by atoms with E-state index in [0.717, 1.165) is 25.1 Å². The van der Waals surface area contributed by atoms with Crippen molar-refractivity contribution in [2.24, 2.45) is 5.92 Å². The summed E-state index contributed by atoms with van der Waals surface area (Å²) < 4.78 is 5.10. The topological polar surface area (TPSA) is 58.6 Å². The van der Waals surface area contributed by atoms with E-state index in [-0.39, 0.29) is 17.8 Å². The number of nitrogens with zero attached hydrogens (tertiary/aromatic N) is 1. The lowest BCUT2D eigenvalue weighted by atomic mass is 9.97. The molecule has 5 nitrogen and oxygen atoms in total. The lowest BCUT2D eigenvalue weighted by molar-refractivity contribution is -0.149. The van der Waals surface area contributed by atoms with Gasteiger partial charge in [0.1, 0.15) is 0 Å². The van der Waals surface area contributed by atoms with Crippen LogP contribution in [0.5, 0.6) is 0 Å². The molecule has 116 valence electrons. The summed E-state index contributed by atoms with van der Waals surface area (Å²) in [5.41, 5.74) is 0.877. The normalized spacial score (nSPS) is 19.4. The molecule has 1 aliphatic heterocycles. The van der Waals surface area contributed by atoms with Crippen LogP contribution in [-0.4, -0.2) is 43.5 Å². The van der Waals surface area contributed by atoms with Gasteiger partial charge in [0.2, 0.25) is 5.91 Å². The predicted octanol–water partition coefficient (Wildman–Crippen LogP) is 1.63. The first-order chi connectivity index (χ1) is 10.1. The van der Waals surface area contributed by atoms with E-state index in [1.807, 2.05) is 13.0 Å². The van der Waals surface area contributed by atoms with Gasteiger partial charge in [-0.3, -0.25) is 9.59 Å². The van der Waals surface area contributed by atoms with Crippen molar-refractivity contribution in [3.05, 3.63) is 36.6 Å². The number of hydrogen-bond donors (Lipinski definition) is 1. The second kappa shape index (κ2) is 9.00. The maximum atomic E-state index is 11.9. The maximum Gasteiger partial charge on any atom is 0.310 e. The Balaban J connectivity index is 2.77. The molecule has 1 unspecified atom stereocenters. The van der Waals surface area contributed by atoms with Crippen LogP contribution in [0.1, 0.15) is 19.8 Å². The summed E-state index contributed by atoms with van der Waals surface area (Å²) >= 11 is 0. The third-order valence-electron chi connectivity index (χ3n) is 3.35. The first-order valence-corrected chi connectivity index (χ1v) is 7.26. The first-order valence-electron chi connectivity index (χ1n) is 7.26. The van der Waals surface area contributed by atoms with Crippen molar-refractivity contribution in [1.29, 1.82) is 0 Å². The van der Waals surface area contributed by atoms with E-state index in [9.17, 15) is 9.59 Å². The Kier molecular flexibility index (Phi) is 7.29. The van der Waals surface area contributed by atoms with Gasteiger partial charge in [0.05, 0.1) is 12.5 Å². The fourth-order valence-electron chi connectivity index (χ4n) is 2.30. The van der Waals surface area contributed by atoms with Crippen molar-refractivity contribution >= 4 is 11.9 Å². The lowest BCUT2D eigenvalue weighted by Crippen LogP contribution is -2.38. The number of amides is 1. The summed E-state index contributed by atoms with van der Waals surface area (Å²) in [6, 6.07) is 0. The van der Waals surface area contributed by atoms with Crippen LogP contribution in [0.4, 0.5) is 0 Å². The Hall–Kier alpha value is -2.04. The van der Waals surface area contributed by atoms with Gasteiger partial charge in [-0.1, -0.05) is 12.7 Å². The van der Waals surface area contributed by atoms with Crippen LogP contribution in [0.2, 0.25) is 0 Å². The molecular formula is C16H24N2O3. The van der Waals surface area contributed by atoms with Crippen LogP contribution in [0.25, 0.3) is 0 Å². The zero-order valence-electron chi connectivity index (χ0n) is 12.8. The fraction of sp³-hybridized carbons (Fsp3) is 0.500. The number of carbonyl (C=O) groups is 2. The second-order valence-corrected chi connectivity index (χ2v) is 4.81. The van der Waals surface area contributed by atoms with Crippen molar-refractivity contribution in [2.45, 2.75) is 19.8 Å². The van der Waals surface area contributed by atoms with Crippen molar-refractivity contribution < 1.29 is 14.3 Å². The quantitative estimate of drug-likeness (QED) is 0.459. The number of likely N-dealkylation sites (tertiary alicyclic amines) is 1. The summed E-state index contributed by atoms with van der Waals surface area (Å²) in [4.78, 5) is 25.3. The molecule has 0 bridgehead atoms. The van der Waals surface area contributed by atoms with E-state index in [2.05, 4.69) is 16.8 Å². The van der Waals surface area contributed by atoms with Gasteiger partial charge in [0, 0.05) is 31.9 Å². The van der Waals surface area contributed by atoms with Crippen molar-refractivity contribution in [2.75, 3.05) is 26.7 Å². The molecule has 1 aliphatic rings. The molecule has 0 aromatic carbocycles. The predicted molar refractivity (Wildman–Crippen MR) is 82.4 cm³/mol. The number of carbonyl (C=O) groups excluding carboxylic acids is 2. The van der Waals surface area contributed by atoms with E-state index >= 15 is 0 Å². The van der Waals surface area contributed by atoms with Crippen LogP contribution in [-0.2, 0) is 14.3 Å².